The van der Waals surface area contributed by atoms with Gasteiger partial charge in [-0.2, -0.15) is 0 Å². The third-order valence-corrected chi connectivity index (χ3v) is 5.08. The van der Waals surface area contributed by atoms with E-state index in [-0.39, 0.29) is 24.4 Å². The van der Waals surface area contributed by atoms with E-state index in [1.807, 2.05) is 30.3 Å². The van der Waals surface area contributed by atoms with Crippen LogP contribution in [0, 0.1) is 5.41 Å². The lowest BCUT2D eigenvalue weighted by Gasteiger charge is -2.20. The first-order valence-corrected chi connectivity index (χ1v) is 9.00. The highest BCUT2D eigenvalue weighted by molar-refractivity contribution is 7.16. The summed E-state index contributed by atoms with van der Waals surface area (Å²) in [5.74, 6) is -1.00. The fourth-order valence-corrected chi connectivity index (χ4v) is 3.57. The molecule has 5 heteroatoms. The average molecular weight is 358 g/mol. The van der Waals surface area contributed by atoms with Crippen LogP contribution in [0.3, 0.4) is 0 Å². The van der Waals surface area contributed by atoms with Crippen LogP contribution in [0.15, 0.2) is 42.5 Å². The van der Waals surface area contributed by atoms with Gasteiger partial charge in [-0.3, -0.25) is 14.4 Å². The fourth-order valence-electron chi connectivity index (χ4n) is 2.66. The molecule has 2 aromatic rings. The smallest absolute Gasteiger partial charge is 0.303 e. The lowest BCUT2D eigenvalue weighted by atomic mass is 9.84. The van der Waals surface area contributed by atoms with Gasteiger partial charge in [-0.1, -0.05) is 44.2 Å². The Kier molecular flexibility index (Phi) is 6.26. The molecule has 0 fully saturated rings. The Morgan fingerprint density at radius 1 is 0.920 bits per heavy atom. The second kappa shape index (κ2) is 8.21. The molecule has 0 saturated carbocycles. The Morgan fingerprint density at radius 3 is 2.12 bits per heavy atom. The van der Waals surface area contributed by atoms with Crippen LogP contribution in [-0.4, -0.2) is 22.6 Å². The van der Waals surface area contributed by atoms with E-state index < -0.39 is 11.4 Å². The molecule has 0 unspecified atom stereocenters. The van der Waals surface area contributed by atoms with E-state index in [1.54, 1.807) is 26.0 Å². The lowest BCUT2D eigenvalue weighted by molar-refractivity contribution is -0.139. The highest BCUT2D eigenvalue weighted by Gasteiger charge is 2.26. The Labute approximate surface area is 151 Å². The van der Waals surface area contributed by atoms with Gasteiger partial charge in [-0.15, -0.1) is 11.3 Å². The molecule has 1 aromatic carbocycles. The van der Waals surface area contributed by atoms with Crippen LogP contribution in [0.1, 0.15) is 58.0 Å². The maximum absolute atomic E-state index is 12.4. The number of carboxylic acids is 1. The molecule has 1 aromatic heterocycles. The van der Waals surface area contributed by atoms with E-state index in [0.717, 1.165) is 5.56 Å². The van der Waals surface area contributed by atoms with E-state index in [1.165, 1.54) is 11.3 Å². The number of ketones is 2. The number of hydrogen-bond acceptors (Lipinski definition) is 4. The van der Waals surface area contributed by atoms with Crippen molar-refractivity contribution >= 4 is 28.9 Å². The van der Waals surface area contributed by atoms with Gasteiger partial charge in [0.1, 0.15) is 0 Å². The minimum absolute atomic E-state index is 0.0256. The van der Waals surface area contributed by atoms with Crippen molar-refractivity contribution < 1.29 is 19.5 Å². The first-order valence-electron chi connectivity index (χ1n) is 8.19. The molecule has 0 aliphatic carbocycles. The number of carbonyl (C=O) groups is 3. The highest BCUT2D eigenvalue weighted by Crippen LogP contribution is 2.29. The molecule has 2 rings (SSSR count). The zero-order valence-corrected chi connectivity index (χ0v) is 15.3. The molecule has 1 heterocycles. The number of Topliss-reactive ketones (excluding diaryl/α,β-unsaturated/α-hetero) is 2. The Morgan fingerprint density at radius 2 is 1.52 bits per heavy atom. The van der Waals surface area contributed by atoms with E-state index >= 15 is 0 Å². The van der Waals surface area contributed by atoms with Gasteiger partial charge in [0.05, 0.1) is 16.2 Å². The number of thiophene rings is 1. The summed E-state index contributed by atoms with van der Waals surface area (Å²) in [5.41, 5.74) is 0.504. The third kappa shape index (κ3) is 5.94. The summed E-state index contributed by atoms with van der Waals surface area (Å²) in [5, 5.41) is 8.91. The molecule has 0 saturated heterocycles. The van der Waals surface area contributed by atoms with Crippen molar-refractivity contribution in [2.24, 2.45) is 5.41 Å². The van der Waals surface area contributed by atoms with Crippen molar-refractivity contribution in [2.45, 2.75) is 39.5 Å². The summed E-state index contributed by atoms with van der Waals surface area (Å²) in [6.45, 7) is 3.52. The molecule has 0 aliphatic heterocycles. The quantitative estimate of drug-likeness (QED) is 0.663. The van der Waals surface area contributed by atoms with Crippen molar-refractivity contribution in [1.29, 1.82) is 0 Å². The van der Waals surface area contributed by atoms with Crippen LogP contribution in [0.4, 0.5) is 0 Å². The van der Waals surface area contributed by atoms with Crippen molar-refractivity contribution in [3.05, 3.63) is 57.8 Å². The Hall–Kier alpha value is -2.27. The van der Waals surface area contributed by atoms with Crippen LogP contribution in [0.2, 0.25) is 0 Å². The molecular weight excluding hydrogens is 336 g/mol. The molecule has 0 amide bonds. The van der Waals surface area contributed by atoms with Crippen molar-refractivity contribution in [3.63, 3.8) is 0 Å². The molecule has 0 bridgehead atoms. The van der Waals surface area contributed by atoms with Gasteiger partial charge in [0.25, 0.3) is 0 Å². The summed E-state index contributed by atoms with van der Waals surface area (Å²) in [6.07, 6.45) is 1.17. The van der Waals surface area contributed by atoms with Crippen LogP contribution in [-0.2, 0) is 11.2 Å². The number of hydrogen-bond donors (Lipinski definition) is 1. The molecule has 132 valence electrons. The number of rotatable bonds is 9. The number of aliphatic carboxylic acids is 1. The maximum Gasteiger partial charge on any atom is 0.303 e. The number of carboxylic acid groups (broad SMARTS) is 1. The minimum Gasteiger partial charge on any atom is -0.481 e. The van der Waals surface area contributed by atoms with Gasteiger partial charge >= 0.3 is 5.97 Å². The summed E-state index contributed by atoms with van der Waals surface area (Å²) in [7, 11) is 0. The molecule has 0 atom stereocenters. The van der Waals surface area contributed by atoms with Crippen molar-refractivity contribution in [3.8, 4) is 0 Å². The molecule has 0 spiro atoms. The average Bonchev–Trinajstić information content (AvgIpc) is 3.02. The SMILES string of the molecule is CC(C)(CC(=O)O)CC(=O)c1ccc(C(=O)CCc2ccccc2)s1. The molecule has 4 nitrogen and oxygen atoms in total. The van der Waals surface area contributed by atoms with Gasteiger partial charge in [-0.05, 0) is 29.5 Å². The van der Waals surface area contributed by atoms with Gasteiger partial charge in [0.2, 0.25) is 0 Å². The second-order valence-electron chi connectivity index (χ2n) is 6.91. The van der Waals surface area contributed by atoms with Crippen LogP contribution in [0.25, 0.3) is 0 Å². The normalized spacial score (nSPS) is 11.3. The van der Waals surface area contributed by atoms with Crippen molar-refractivity contribution in [1.82, 2.24) is 0 Å². The van der Waals surface area contributed by atoms with Crippen molar-refractivity contribution in [2.75, 3.05) is 0 Å². The predicted octanol–water partition coefficient (Wildman–Crippen LogP) is 4.64. The second-order valence-corrected chi connectivity index (χ2v) is 7.99. The summed E-state index contributed by atoms with van der Waals surface area (Å²) in [6, 6.07) is 13.2. The predicted molar refractivity (Wildman–Crippen MR) is 98.4 cm³/mol. The zero-order chi connectivity index (χ0) is 18.4. The monoisotopic (exact) mass is 358 g/mol. The van der Waals surface area contributed by atoms with Gasteiger partial charge in [0.15, 0.2) is 11.6 Å². The number of benzene rings is 1. The molecule has 0 aliphatic rings. The van der Waals surface area contributed by atoms with E-state index in [2.05, 4.69) is 0 Å². The largest absolute Gasteiger partial charge is 0.481 e. The summed E-state index contributed by atoms with van der Waals surface area (Å²) in [4.78, 5) is 36.6. The fraction of sp³-hybridized carbons (Fsp3) is 0.350. The first-order chi connectivity index (χ1) is 11.8. The maximum atomic E-state index is 12.4. The van der Waals surface area contributed by atoms with Gasteiger partial charge in [-0.25, -0.2) is 0 Å². The van der Waals surface area contributed by atoms with Crippen LogP contribution in [0.5, 0.6) is 0 Å². The summed E-state index contributed by atoms with van der Waals surface area (Å²) >= 11 is 1.20. The first kappa shape index (κ1) is 19.1. The Balaban J connectivity index is 1.95. The number of aryl methyl sites for hydroxylation is 1. The van der Waals surface area contributed by atoms with E-state index in [9.17, 15) is 14.4 Å². The van der Waals surface area contributed by atoms with Crippen LogP contribution >= 0.6 is 11.3 Å². The topological polar surface area (TPSA) is 71.4 Å². The zero-order valence-electron chi connectivity index (χ0n) is 14.5. The molecule has 1 N–H and O–H groups in total. The highest BCUT2D eigenvalue weighted by atomic mass is 32.1. The third-order valence-electron chi connectivity index (χ3n) is 3.91. The minimum atomic E-state index is -0.916. The van der Waals surface area contributed by atoms with E-state index in [0.29, 0.717) is 22.6 Å². The summed E-state index contributed by atoms with van der Waals surface area (Å²) < 4.78 is 0. The Bertz CT molecular complexity index is 759. The molecule has 25 heavy (non-hydrogen) atoms. The lowest BCUT2D eigenvalue weighted by Crippen LogP contribution is -2.20. The van der Waals surface area contributed by atoms with Gasteiger partial charge in [0, 0.05) is 12.8 Å². The molecular formula is C20H22O4S. The van der Waals surface area contributed by atoms with Gasteiger partial charge < -0.3 is 5.11 Å². The number of carbonyl (C=O) groups excluding carboxylic acids is 2. The van der Waals surface area contributed by atoms with E-state index in [4.69, 9.17) is 5.11 Å². The molecule has 0 radical (unpaired) electrons. The van der Waals surface area contributed by atoms with Crippen LogP contribution < -0.4 is 0 Å². The standard InChI is InChI=1S/C20H22O4S/c1-20(2,13-19(23)24)12-16(22)18-11-10-17(25-18)15(21)9-8-14-6-4-3-5-7-14/h3-7,10-11H,8-9,12-13H2,1-2H3,(H,23,24).